The summed E-state index contributed by atoms with van der Waals surface area (Å²) in [5.41, 5.74) is 0.787. The minimum Gasteiger partial charge on any atom is -0.492 e. The second-order valence-corrected chi connectivity index (χ2v) is 4.76. The topological polar surface area (TPSA) is 49.7 Å². The van der Waals surface area contributed by atoms with Crippen LogP contribution in [0.1, 0.15) is 44.3 Å². The van der Waals surface area contributed by atoms with Gasteiger partial charge in [-0.15, -0.1) is 0 Å². The molecule has 4 heteroatoms. The Morgan fingerprint density at radius 1 is 1.22 bits per heavy atom. The van der Waals surface area contributed by atoms with Crippen molar-refractivity contribution in [1.29, 1.82) is 0 Å². The van der Waals surface area contributed by atoms with E-state index in [0.29, 0.717) is 17.4 Å². The lowest BCUT2D eigenvalue weighted by Gasteiger charge is -2.10. The van der Waals surface area contributed by atoms with E-state index in [9.17, 15) is 5.11 Å². The Bertz CT molecular complexity index is 353. The van der Waals surface area contributed by atoms with Crippen LogP contribution in [0.5, 0.6) is 5.75 Å². The van der Waals surface area contributed by atoms with Crippen LogP contribution in [-0.2, 0) is 0 Å². The van der Waals surface area contributed by atoms with E-state index in [4.69, 9.17) is 21.4 Å². The largest absolute Gasteiger partial charge is 0.492 e. The van der Waals surface area contributed by atoms with E-state index < -0.39 is 6.10 Å². The molecule has 0 radical (unpaired) electrons. The zero-order chi connectivity index (χ0) is 13.4. The van der Waals surface area contributed by atoms with Crippen molar-refractivity contribution < 1.29 is 14.9 Å². The smallest absolute Gasteiger partial charge is 0.137 e. The lowest BCUT2D eigenvalue weighted by molar-refractivity contribution is 0.199. The van der Waals surface area contributed by atoms with Crippen LogP contribution in [0.4, 0.5) is 0 Å². The molecule has 3 nitrogen and oxygen atoms in total. The highest BCUT2D eigenvalue weighted by atomic mass is 35.5. The number of ether oxygens (including phenoxy) is 1. The number of aliphatic hydroxyl groups is 2. The van der Waals surface area contributed by atoms with Crippen molar-refractivity contribution in [2.75, 3.05) is 13.2 Å². The number of halogens is 1. The maximum Gasteiger partial charge on any atom is 0.137 e. The van der Waals surface area contributed by atoms with Crippen molar-refractivity contribution in [3.05, 3.63) is 28.8 Å². The predicted molar refractivity (Wildman–Crippen MR) is 73.1 cm³/mol. The molecule has 0 fully saturated rings. The monoisotopic (exact) mass is 272 g/mol. The molecule has 0 aromatic heterocycles. The van der Waals surface area contributed by atoms with Gasteiger partial charge in [0.15, 0.2) is 0 Å². The second-order valence-electron chi connectivity index (χ2n) is 4.35. The fourth-order valence-corrected chi connectivity index (χ4v) is 1.89. The first-order valence-corrected chi connectivity index (χ1v) is 6.74. The lowest BCUT2D eigenvalue weighted by atomic mass is 10.1. The number of unbranched alkanes of at least 4 members (excludes halogenated alkanes) is 3. The zero-order valence-corrected chi connectivity index (χ0v) is 11.5. The van der Waals surface area contributed by atoms with Gasteiger partial charge in [-0.3, -0.25) is 0 Å². The van der Waals surface area contributed by atoms with Crippen molar-refractivity contribution >= 4 is 11.6 Å². The average Bonchev–Trinajstić information content (AvgIpc) is 2.35. The summed E-state index contributed by atoms with van der Waals surface area (Å²) in [5.74, 6) is 0.656. The first-order chi connectivity index (χ1) is 8.65. The molecule has 0 spiro atoms. The number of hydrogen-bond acceptors (Lipinski definition) is 3. The van der Waals surface area contributed by atoms with Crippen LogP contribution in [0.2, 0.25) is 5.02 Å². The molecular formula is C14H21ClO3. The Balaban J connectivity index is 2.34. The van der Waals surface area contributed by atoms with Crippen molar-refractivity contribution in [1.82, 2.24) is 0 Å². The summed E-state index contributed by atoms with van der Waals surface area (Å²) < 4.78 is 5.58. The van der Waals surface area contributed by atoms with E-state index in [-0.39, 0.29) is 6.61 Å². The van der Waals surface area contributed by atoms with Crippen molar-refractivity contribution in [3.63, 3.8) is 0 Å². The Morgan fingerprint density at radius 3 is 2.56 bits per heavy atom. The summed E-state index contributed by atoms with van der Waals surface area (Å²) in [6, 6.07) is 5.34. The molecule has 0 heterocycles. The quantitative estimate of drug-likeness (QED) is 0.714. The Hall–Kier alpha value is -0.770. The zero-order valence-electron chi connectivity index (χ0n) is 10.7. The molecule has 1 aromatic rings. The normalized spacial score (nSPS) is 12.4. The highest BCUT2D eigenvalue weighted by Crippen LogP contribution is 2.28. The van der Waals surface area contributed by atoms with Gasteiger partial charge in [0, 0.05) is 6.61 Å². The molecule has 0 saturated carbocycles. The fraction of sp³-hybridized carbons (Fsp3) is 0.571. The van der Waals surface area contributed by atoms with Gasteiger partial charge in [-0.2, -0.15) is 0 Å². The van der Waals surface area contributed by atoms with Crippen LogP contribution in [-0.4, -0.2) is 23.4 Å². The van der Waals surface area contributed by atoms with Gasteiger partial charge < -0.3 is 14.9 Å². The minimum atomic E-state index is -0.518. The molecule has 1 unspecified atom stereocenters. The number of rotatable bonds is 8. The Kier molecular flexibility index (Phi) is 7.09. The summed E-state index contributed by atoms with van der Waals surface area (Å²) in [7, 11) is 0. The van der Waals surface area contributed by atoms with Crippen molar-refractivity contribution in [2.45, 2.75) is 38.7 Å². The summed E-state index contributed by atoms with van der Waals surface area (Å²) in [5, 5.41) is 18.6. The van der Waals surface area contributed by atoms with Gasteiger partial charge >= 0.3 is 0 Å². The van der Waals surface area contributed by atoms with E-state index in [1.165, 1.54) is 0 Å². The summed E-state index contributed by atoms with van der Waals surface area (Å²) >= 11 is 6.07. The molecule has 102 valence electrons. The number of benzene rings is 1. The molecule has 0 aliphatic carbocycles. The molecule has 2 N–H and O–H groups in total. The standard InChI is InChI=1S/C14H21ClO3/c1-11(17)12-6-7-14(13(15)10-12)18-9-5-3-2-4-8-16/h6-7,10-11,16-17H,2-5,8-9H2,1H3. The SMILES string of the molecule is CC(O)c1ccc(OCCCCCCO)c(Cl)c1. The van der Waals surface area contributed by atoms with Gasteiger partial charge in [0.25, 0.3) is 0 Å². The molecule has 0 aliphatic rings. The molecule has 0 amide bonds. The summed E-state index contributed by atoms with van der Waals surface area (Å²) in [4.78, 5) is 0. The van der Waals surface area contributed by atoms with Gasteiger partial charge in [-0.05, 0) is 43.9 Å². The highest BCUT2D eigenvalue weighted by Gasteiger charge is 2.06. The van der Waals surface area contributed by atoms with Crippen LogP contribution >= 0.6 is 11.6 Å². The van der Waals surface area contributed by atoms with E-state index in [1.807, 2.05) is 6.07 Å². The van der Waals surface area contributed by atoms with Gasteiger partial charge in [0.2, 0.25) is 0 Å². The molecule has 0 saturated heterocycles. The minimum absolute atomic E-state index is 0.257. The molecule has 0 bridgehead atoms. The van der Waals surface area contributed by atoms with Crippen LogP contribution in [0.3, 0.4) is 0 Å². The van der Waals surface area contributed by atoms with Crippen LogP contribution < -0.4 is 4.74 Å². The van der Waals surface area contributed by atoms with E-state index >= 15 is 0 Å². The summed E-state index contributed by atoms with van der Waals surface area (Å²) in [6.07, 6.45) is 3.35. The molecule has 0 aliphatic heterocycles. The maximum absolute atomic E-state index is 9.42. The molecule has 1 aromatic carbocycles. The first-order valence-electron chi connectivity index (χ1n) is 6.36. The second kappa shape index (κ2) is 8.35. The van der Waals surface area contributed by atoms with Gasteiger partial charge in [-0.25, -0.2) is 0 Å². The molecular weight excluding hydrogens is 252 g/mol. The van der Waals surface area contributed by atoms with E-state index in [1.54, 1.807) is 19.1 Å². The predicted octanol–water partition coefficient (Wildman–Crippen LogP) is 3.32. The van der Waals surface area contributed by atoms with Crippen LogP contribution in [0.25, 0.3) is 0 Å². The van der Waals surface area contributed by atoms with Crippen LogP contribution in [0, 0.1) is 0 Å². The molecule has 1 rings (SSSR count). The van der Waals surface area contributed by atoms with Crippen LogP contribution in [0.15, 0.2) is 18.2 Å². The van der Waals surface area contributed by atoms with Gasteiger partial charge in [0.1, 0.15) is 5.75 Å². The average molecular weight is 273 g/mol. The molecule has 18 heavy (non-hydrogen) atoms. The highest BCUT2D eigenvalue weighted by molar-refractivity contribution is 6.32. The van der Waals surface area contributed by atoms with E-state index in [2.05, 4.69) is 0 Å². The first kappa shape index (κ1) is 15.3. The lowest BCUT2D eigenvalue weighted by Crippen LogP contribution is -1.99. The van der Waals surface area contributed by atoms with Gasteiger partial charge in [-0.1, -0.05) is 24.1 Å². The van der Waals surface area contributed by atoms with Crippen molar-refractivity contribution in [2.24, 2.45) is 0 Å². The Morgan fingerprint density at radius 2 is 1.94 bits per heavy atom. The third kappa shape index (κ3) is 5.25. The third-order valence-corrected chi connectivity index (χ3v) is 3.04. The van der Waals surface area contributed by atoms with Gasteiger partial charge in [0.05, 0.1) is 17.7 Å². The fourth-order valence-electron chi connectivity index (χ4n) is 1.64. The maximum atomic E-state index is 9.42. The van der Waals surface area contributed by atoms with Crippen molar-refractivity contribution in [3.8, 4) is 5.75 Å². The van der Waals surface area contributed by atoms with E-state index in [0.717, 1.165) is 31.2 Å². The number of aliphatic hydroxyl groups excluding tert-OH is 2. The summed E-state index contributed by atoms with van der Waals surface area (Å²) in [6.45, 7) is 2.58. The third-order valence-electron chi connectivity index (χ3n) is 2.75. The Labute approximate surface area is 113 Å². The molecule has 1 atom stereocenters. The number of hydrogen-bond donors (Lipinski definition) is 2.